The minimum absolute atomic E-state index is 0.325. The molecular formula is C18H15ClN4O2. The van der Waals surface area contributed by atoms with Crippen LogP contribution >= 0.6 is 11.6 Å². The summed E-state index contributed by atoms with van der Waals surface area (Å²) in [6, 6.07) is 10.9. The number of fused-ring (bicyclic) bond motifs is 1. The lowest BCUT2D eigenvalue weighted by Crippen LogP contribution is -2.34. The number of carbonyl (C=O) groups is 2. The average Bonchev–Trinajstić information content (AvgIpc) is 2.55. The number of imide groups is 1. The number of hydrogen-bond donors (Lipinski definition) is 2. The van der Waals surface area contributed by atoms with E-state index in [0.29, 0.717) is 27.3 Å². The van der Waals surface area contributed by atoms with Gasteiger partial charge in [-0.3, -0.25) is 10.1 Å². The van der Waals surface area contributed by atoms with E-state index in [2.05, 4.69) is 20.6 Å². The third-order valence-electron chi connectivity index (χ3n) is 3.65. The van der Waals surface area contributed by atoms with Gasteiger partial charge in [-0.15, -0.1) is 0 Å². The standard InChI is InChI=1S/C18H15ClN4O2/c1-10-11(2)21-16-8-12(6-7-15(16)20-10)17(24)23-18(25)22-14-5-3-4-13(19)9-14/h3-9H,1-2H3,(H2,22,23,24,25). The second-order valence-corrected chi connectivity index (χ2v) is 5.95. The van der Waals surface area contributed by atoms with Crippen molar-refractivity contribution in [1.29, 1.82) is 0 Å². The van der Waals surface area contributed by atoms with E-state index in [1.54, 1.807) is 42.5 Å². The molecule has 3 aromatic rings. The lowest BCUT2D eigenvalue weighted by Gasteiger charge is -2.08. The summed E-state index contributed by atoms with van der Waals surface area (Å²) in [7, 11) is 0. The first-order valence-corrected chi connectivity index (χ1v) is 7.93. The zero-order valence-corrected chi connectivity index (χ0v) is 14.4. The molecule has 0 unspecified atom stereocenters. The molecule has 2 N–H and O–H groups in total. The van der Waals surface area contributed by atoms with E-state index in [1.165, 1.54) is 0 Å². The van der Waals surface area contributed by atoms with E-state index in [1.807, 2.05) is 13.8 Å². The van der Waals surface area contributed by atoms with Crippen LogP contribution < -0.4 is 10.6 Å². The Morgan fingerprint density at radius 1 is 0.960 bits per heavy atom. The highest BCUT2D eigenvalue weighted by atomic mass is 35.5. The largest absolute Gasteiger partial charge is 0.326 e. The highest BCUT2D eigenvalue weighted by Crippen LogP contribution is 2.16. The molecule has 7 heteroatoms. The number of carbonyl (C=O) groups excluding carboxylic acids is 2. The number of nitrogens with zero attached hydrogens (tertiary/aromatic N) is 2. The fraction of sp³-hybridized carbons (Fsp3) is 0.111. The first-order chi connectivity index (χ1) is 11.9. The summed E-state index contributed by atoms with van der Waals surface area (Å²) in [5, 5.41) is 5.32. The van der Waals surface area contributed by atoms with Crippen LogP contribution in [-0.4, -0.2) is 21.9 Å². The number of benzene rings is 2. The molecule has 1 aromatic heterocycles. The molecule has 0 radical (unpaired) electrons. The Hall–Kier alpha value is -2.99. The number of urea groups is 1. The zero-order chi connectivity index (χ0) is 18.0. The van der Waals surface area contributed by atoms with E-state index < -0.39 is 11.9 Å². The van der Waals surface area contributed by atoms with E-state index in [9.17, 15) is 9.59 Å². The predicted octanol–water partition coefficient (Wildman–Crippen LogP) is 3.86. The second kappa shape index (κ2) is 6.86. The van der Waals surface area contributed by atoms with Gasteiger partial charge in [-0.25, -0.2) is 14.8 Å². The Balaban J connectivity index is 1.75. The molecule has 3 amide bonds. The van der Waals surface area contributed by atoms with Gasteiger partial charge >= 0.3 is 6.03 Å². The summed E-state index contributed by atoms with van der Waals surface area (Å²) in [4.78, 5) is 33.0. The molecule has 1 heterocycles. The Bertz CT molecular complexity index is 988. The maximum Gasteiger partial charge on any atom is 0.326 e. The van der Waals surface area contributed by atoms with Crippen LogP contribution in [0.2, 0.25) is 5.02 Å². The number of aromatic nitrogens is 2. The summed E-state index contributed by atoms with van der Waals surface area (Å²) in [6.07, 6.45) is 0. The molecule has 0 aliphatic rings. The van der Waals surface area contributed by atoms with E-state index in [0.717, 1.165) is 11.4 Å². The van der Waals surface area contributed by atoms with Crippen molar-refractivity contribution in [3.63, 3.8) is 0 Å². The average molecular weight is 355 g/mol. The summed E-state index contributed by atoms with van der Waals surface area (Å²) in [6.45, 7) is 3.73. The monoisotopic (exact) mass is 354 g/mol. The van der Waals surface area contributed by atoms with Crippen LogP contribution in [-0.2, 0) is 0 Å². The van der Waals surface area contributed by atoms with Gasteiger partial charge in [-0.1, -0.05) is 17.7 Å². The van der Waals surface area contributed by atoms with Crippen molar-refractivity contribution in [2.45, 2.75) is 13.8 Å². The van der Waals surface area contributed by atoms with Crippen LogP contribution in [0.3, 0.4) is 0 Å². The first-order valence-electron chi connectivity index (χ1n) is 7.55. The topological polar surface area (TPSA) is 84.0 Å². The van der Waals surface area contributed by atoms with Crippen LogP contribution in [0.4, 0.5) is 10.5 Å². The Labute approximate surface area is 149 Å². The molecule has 0 aliphatic heterocycles. The highest BCUT2D eigenvalue weighted by molar-refractivity contribution is 6.30. The highest BCUT2D eigenvalue weighted by Gasteiger charge is 2.12. The minimum atomic E-state index is -0.640. The lowest BCUT2D eigenvalue weighted by atomic mass is 10.1. The number of nitrogens with one attached hydrogen (secondary N) is 2. The number of anilines is 1. The fourth-order valence-corrected chi connectivity index (χ4v) is 2.47. The van der Waals surface area contributed by atoms with Crippen molar-refractivity contribution < 1.29 is 9.59 Å². The van der Waals surface area contributed by atoms with Crippen molar-refractivity contribution in [2.24, 2.45) is 0 Å². The molecule has 0 spiro atoms. The van der Waals surface area contributed by atoms with Gasteiger partial charge in [0.1, 0.15) is 0 Å². The van der Waals surface area contributed by atoms with Gasteiger partial charge < -0.3 is 5.32 Å². The van der Waals surface area contributed by atoms with Crippen molar-refractivity contribution >= 4 is 40.3 Å². The zero-order valence-electron chi connectivity index (χ0n) is 13.6. The third kappa shape index (κ3) is 3.92. The molecule has 3 rings (SSSR count). The van der Waals surface area contributed by atoms with Crippen LogP contribution in [0.15, 0.2) is 42.5 Å². The molecule has 0 saturated heterocycles. The minimum Gasteiger partial charge on any atom is -0.308 e. The molecule has 25 heavy (non-hydrogen) atoms. The fourth-order valence-electron chi connectivity index (χ4n) is 2.28. The molecule has 6 nitrogen and oxygen atoms in total. The van der Waals surface area contributed by atoms with Crippen molar-refractivity contribution in [1.82, 2.24) is 15.3 Å². The second-order valence-electron chi connectivity index (χ2n) is 5.52. The quantitative estimate of drug-likeness (QED) is 0.731. The molecule has 0 aliphatic carbocycles. The predicted molar refractivity (Wildman–Crippen MR) is 96.9 cm³/mol. The summed E-state index contributed by atoms with van der Waals surface area (Å²) >= 11 is 5.86. The van der Waals surface area contributed by atoms with Gasteiger partial charge in [-0.05, 0) is 50.2 Å². The number of amides is 3. The number of hydrogen-bond acceptors (Lipinski definition) is 4. The van der Waals surface area contributed by atoms with E-state index in [-0.39, 0.29) is 0 Å². The Morgan fingerprint density at radius 2 is 1.68 bits per heavy atom. The normalized spacial score (nSPS) is 10.5. The van der Waals surface area contributed by atoms with Gasteiger partial charge in [0.15, 0.2) is 0 Å². The SMILES string of the molecule is Cc1nc2ccc(C(=O)NC(=O)Nc3cccc(Cl)c3)cc2nc1C. The Kier molecular flexibility index (Phi) is 4.63. The number of aryl methyl sites for hydroxylation is 2. The van der Waals surface area contributed by atoms with Gasteiger partial charge in [0, 0.05) is 16.3 Å². The van der Waals surface area contributed by atoms with Crippen LogP contribution in [0, 0.1) is 13.8 Å². The van der Waals surface area contributed by atoms with E-state index >= 15 is 0 Å². The molecule has 126 valence electrons. The van der Waals surface area contributed by atoms with Crippen LogP contribution in [0.25, 0.3) is 11.0 Å². The van der Waals surface area contributed by atoms with Gasteiger partial charge in [0.2, 0.25) is 0 Å². The molecule has 0 saturated carbocycles. The van der Waals surface area contributed by atoms with Crippen LogP contribution in [0.1, 0.15) is 21.7 Å². The van der Waals surface area contributed by atoms with Crippen molar-refractivity contribution in [2.75, 3.05) is 5.32 Å². The molecule has 0 fully saturated rings. The smallest absolute Gasteiger partial charge is 0.308 e. The number of rotatable bonds is 2. The first kappa shape index (κ1) is 16.9. The van der Waals surface area contributed by atoms with E-state index in [4.69, 9.17) is 11.6 Å². The molecule has 2 aromatic carbocycles. The van der Waals surface area contributed by atoms with Crippen molar-refractivity contribution in [3.8, 4) is 0 Å². The third-order valence-corrected chi connectivity index (χ3v) is 3.88. The molecular weight excluding hydrogens is 340 g/mol. The van der Waals surface area contributed by atoms with Gasteiger partial charge in [0.05, 0.1) is 22.4 Å². The molecule has 0 atom stereocenters. The maximum absolute atomic E-state index is 12.3. The maximum atomic E-state index is 12.3. The number of halogens is 1. The van der Waals surface area contributed by atoms with Crippen LogP contribution in [0.5, 0.6) is 0 Å². The van der Waals surface area contributed by atoms with Gasteiger partial charge in [0.25, 0.3) is 5.91 Å². The summed E-state index contributed by atoms with van der Waals surface area (Å²) in [5.74, 6) is -0.526. The molecule has 0 bridgehead atoms. The Morgan fingerprint density at radius 3 is 2.40 bits per heavy atom. The lowest BCUT2D eigenvalue weighted by molar-refractivity contribution is 0.0967. The summed E-state index contributed by atoms with van der Waals surface area (Å²) in [5.41, 5.74) is 3.75. The summed E-state index contributed by atoms with van der Waals surface area (Å²) < 4.78 is 0. The van der Waals surface area contributed by atoms with Gasteiger partial charge in [-0.2, -0.15) is 0 Å². The van der Waals surface area contributed by atoms with Crippen molar-refractivity contribution in [3.05, 3.63) is 64.4 Å².